The van der Waals surface area contributed by atoms with E-state index < -0.39 is 5.25 Å². The molecule has 2 rings (SSSR count). The zero-order valence-corrected chi connectivity index (χ0v) is 18.7. The summed E-state index contributed by atoms with van der Waals surface area (Å²) in [5.41, 5.74) is 0.586. The average molecular weight is 438 g/mol. The molecule has 1 unspecified atom stereocenters. The fourth-order valence-electron chi connectivity index (χ4n) is 3.13. The second-order valence-corrected chi connectivity index (χ2v) is 8.43. The van der Waals surface area contributed by atoms with Crippen LogP contribution in [-0.2, 0) is 19.1 Å². The third-order valence-corrected chi connectivity index (χ3v) is 5.98. The number of hydrogen-bond acceptors (Lipinski definition) is 7. The molecule has 1 N–H and O–H groups in total. The van der Waals surface area contributed by atoms with Gasteiger partial charge in [0.1, 0.15) is 5.25 Å². The molecule has 1 aliphatic rings. The maximum atomic E-state index is 13.1. The Kier molecular flexibility index (Phi) is 10.1. The number of nitrogens with zero attached hydrogens (tertiary/aromatic N) is 2. The van der Waals surface area contributed by atoms with E-state index in [-0.39, 0.29) is 17.8 Å². The summed E-state index contributed by atoms with van der Waals surface area (Å²) in [5.74, 6) is -0.389. The Balaban J connectivity index is 1.87. The lowest BCUT2D eigenvalue weighted by Crippen LogP contribution is -2.51. The molecular formula is C21H31N3O5S. The fourth-order valence-corrected chi connectivity index (χ4v) is 4.15. The molecule has 0 spiro atoms. The Labute approximate surface area is 182 Å². The van der Waals surface area contributed by atoms with E-state index in [1.807, 2.05) is 18.2 Å². The number of piperazine rings is 1. The molecule has 1 aliphatic heterocycles. The predicted molar refractivity (Wildman–Crippen MR) is 116 cm³/mol. The topological polar surface area (TPSA) is 88.2 Å². The number of rotatable bonds is 10. The summed E-state index contributed by atoms with van der Waals surface area (Å²) in [5, 5.41) is 2.48. The van der Waals surface area contributed by atoms with E-state index in [1.165, 1.54) is 18.9 Å². The van der Waals surface area contributed by atoms with Gasteiger partial charge in [-0.1, -0.05) is 12.1 Å². The molecule has 166 valence electrons. The molecular weight excluding hydrogens is 406 g/mol. The van der Waals surface area contributed by atoms with E-state index in [2.05, 4.69) is 10.2 Å². The highest BCUT2D eigenvalue weighted by molar-refractivity contribution is 8.00. The van der Waals surface area contributed by atoms with Crippen molar-refractivity contribution < 1.29 is 23.9 Å². The van der Waals surface area contributed by atoms with E-state index >= 15 is 0 Å². The van der Waals surface area contributed by atoms with Gasteiger partial charge in [-0.3, -0.25) is 19.3 Å². The number of benzene rings is 1. The minimum Gasteiger partial charge on any atom is -0.468 e. The van der Waals surface area contributed by atoms with Crippen LogP contribution in [0.3, 0.4) is 0 Å². The first-order valence-electron chi connectivity index (χ1n) is 10.1. The second kappa shape index (κ2) is 12.6. The van der Waals surface area contributed by atoms with Crippen LogP contribution in [0.4, 0.5) is 0 Å². The molecule has 1 atom stereocenters. The van der Waals surface area contributed by atoms with Crippen LogP contribution in [0.5, 0.6) is 0 Å². The zero-order chi connectivity index (χ0) is 21.9. The second-order valence-electron chi connectivity index (χ2n) is 7.04. The third-order valence-electron chi connectivity index (χ3n) is 4.83. The van der Waals surface area contributed by atoms with Gasteiger partial charge in [0, 0.05) is 51.3 Å². The summed E-state index contributed by atoms with van der Waals surface area (Å²) in [4.78, 5) is 41.4. The van der Waals surface area contributed by atoms with Crippen LogP contribution in [0, 0.1) is 0 Å². The van der Waals surface area contributed by atoms with Crippen LogP contribution in [0.25, 0.3) is 0 Å². The first-order chi connectivity index (χ1) is 14.5. The number of methoxy groups -OCH3 is 2. The Morgan fingerprint density at radius 3 is 2.50 bits per heavy atom. The van der Waals surface area contributed by atoms with Crippen LogP contribution in [0.15, 0.2) is 29.2 Å². The van der Waals surface area contributed by atoms with E-state index in [0.29, 0.717) is 51.4 Å². The van der Waals surface area contributed by atoms with Crippen LogP contribution >= 0.6 is 11.8 Å². The summed E-state index contributed by atoms with van der Waals surface area (Å²) in [6, 6.07) is 7.31. The molecule has 0 radical (unpaired) electrons. The highest BCUT2D eigenvalue weighted by atomic mass is 32.2. The number of carbonyl (C=O) groups excluding carboxylic acids is 3. The Morgan fingerprint density at radius 1 is 1.13 bits per heavy atom. The Morgan fingerprint density at radius 2 is 1.83 bits per heavy atom. The Hall–Kier alpha value is -2.10. The molecule has 0 aromatic heterocycles. The highest BCUT2D eigenvalue weighted by Crippen LogP contribution is 2.28. The van der Waals surface area contributed by atoms with Crippen molar-refractivity contribution in [1.82, 2.24) is 15.1 Å². The zero-order valence-electron chi connectivity index (χ0n) is 17.9. The van der Waals surface area contributed by atoms with Gasteiger partial charge >= 0.3 is 5.97 Å². The minimum absolute atomic E-state index is 0.00979. The molecule has 1 aromatic carbocycles. The number of hydrogen-bond donors (Lipinski definition) is 1. The largest absolute Gasteiger partial charge is 0.468 e. The van der Waals surface area contributed by atoms with Crippen molar-refractivity contribution in [3.8, 4) is 0 Å². The maximum absolute atomic E-state index is 13.1. The summed E-state index contributed by atoms with van der Waals surface area (Å²) >= 11 is 1.32. The first-order valence-corrected chi connectivity index (χ1v) is 10.9. The van der Waals surface area contributed by atoms with E-state index in [0.717, 1.165) is 11.3 Å². The molecule has 2 amide bonds. The normalized spacial score (nSPS) is 15.5. The lowest BCUT2D eigenvalue weighted by molar-refractivity contribution is -0.139. The van der Waals surface area contributed by atoms with Crippen molar-refractivity contribution in [2.75, 3.05) is 60.1 Å². The van der Waals surface area contributed by atoms with Gasteiger partial charge in [-0.05, 0) is 25.5 Å². The summed E-state index contributed by atoms with van der Waals surface area (Å²) < 4.78 is 9.75. The molecule has 8 nitrogen and oxygen atoms in total. The van der Waals surface area contributed by atoms with E-state index in [1.54, 1.807) is 25.0 Å². The van der Waals surface area contributed by atoms with Gasteiger partial charge in [0.25, 0.3) is 5.91 Å². The quantitative estimate of drug-likeness (QED) is 0.335. The van der Waals surface area contributed by atoms with Gasteiger partial charge in [-0.25, -0.2) is 0 Å². The Bertz CT molecular complexity index is 722. The third kappa shape index (κ3) is 7.30. The minimum atomic E-state index is -0.400. The number of ether oxygens (including phenoxy) is 2. The molecule has 30 heavy (non-hydrogen) atoms. The number of thioether (sulfide) groups is 1. The van der Waals surface area contributed by atoms with Gasteiger partial charge in [0.15, 0.2) is 0 Å². The van der Waals surface area contributed by atoms with Crippen molar-refractivity contribution in [2.24, 2.45) is 0 Å². The summed E-state index contributed by atoms with van der Waals surface area (Å²) in [7, 11) is 3.00. The smallest absolute Gasteiger partial charge is 0.318 e. The van der Waals surface area contributed by atoms with Gasteiger partial charge in [-0.15, -0.1) is 11.8 Å². The van der Waals surface area contributed by atoms with Crippen molar-refractivity contribution >= 4 is 29.5 Å². The lowest BCUT2D eigenvalue weighted by atomic mass is 10.2. The maximum Gasteiger partial charge on any atom is 0.318 e. The van der Waals surface area contributed by atoms with Gasteiger partial charge in [0.2, 0.25) is 5.91 Å². The van der Waals surface area contributed by atoms with Crippen LogP contribution in [0.1, 0.15) is 23.7 Å². The van der Waals surface area contributed by atoms with E-state index in [4.69, 9.17) is 9.47 Å². The van der Waals surface area contributed by atoms with Gasteiger partial charge in [-0.2, -0.15) is 0 Å². The molecule has 0 bridgehead atoms. The average Bonchev–Trinajstić information content (AvgIpc) is 2.76. The molecule has 0 saturated carbocycles. The number of esters is 1. The molecule has 1 fully saturated rings. The first kappa shape index (κ1) is 24.2. The van der Waals surface area contributed by atoms with E-state index in [9.17, 15) is 14.4 Å². The molecule has 1 saturated heterocycles. The van der Waals surface area contributed by atoms with Crippen LogP contribution in [-0.4, -0.2) is 92.9 Å². The number of carbonyl (C=O) groups is 3. The van der Waals surface area contributed by atoms with Crippen LogP contribution < -0.4 is 5.32 Å². The van der Waals surface area contributed by atoms with Crippen molar-refractivity contribution in [1.29, 1.82) is 0 Å². The lowest BCUT2D eigenvalue weighted by Gasteiger charge is -2.34. The highest BCUT2D eigenvalue weighted by Gasteiger charge is 2.26. The van der Waals surface area contributed by atoms with Crippen molar-refractivity contribution in [3.63, 3.8) is 0 Å². The van der Waals surface area contributed by atoms with Crippen LogP contribution in [0.2, 0.25) is 0 Å². The summed E-state index contributed by atoms with van der Waals surface area (Å²) in [6.07, 6.45) is 0.788. The molecule has 1 aromatic rings. The van der Waals surface area contributed by atoms with Crippen molar-refractivity contribution in [3.05, 3.63) is 29.8 Å². The van der Waals surface area contributed by atoms with Crippen molar-refractivity contribution in [2.45, 2.75) is 23.5 Å². The fraction of sp³-hybridized carbons (Fsp3) is 0.571. The SMILES string of the molecule is COCCCNC(=O)CN1CCN(C(=O)c2ccccc2SC(C)C(=O)OC)CC1. The molecule has 9 heteroatoms. The molecule has 0 aliphatic carbocycles. The number of amides is 2. The molecule has 1 heterocycles. The van der Waals surface area contributed by atoms with Gasteiger partial charge in [0.05, 0.1) is 19.2 Å². The van der Waals surface area contributed by atoms with Gasteiger partial charge < -0.3 is 19.7 Å². The standard InChI is InChI=1S/C21H31N3O5S/c1-16(21(27)29-3)30-18-8-5-4-7-17(18)20(26)24-12-10-23(11-13-24)15-19(25)22-9-6-14-28-2/h4-5,7-8,16H,6,9-15H2,1-3H3,(H,22,25). The summed E-state index contributed by atoms with van der Waals surface area (Å²) in [6.45, 7) is 5.72. The number of nitrogens with one attached hydrogen (secondary N) is 1. The predicted octanol–water partition coefficient (Wildman–Crippen LogP) is 1.25. The monoisotopic (exact) mass is 437 g/mol.